The van der Waals surface area contributed by atoms with Crippen LogP contribution in [0.2, 0.25) is 5.15 Å². The molecule has 0 saturated heterocycles. The number of nitrogens with two attached hydrogens (primary N) is 1. The Morgan fingerprint density at radius 2 is 2.27 bits per heavy atom. The molecule has 6 heteroatoms. The van der Waals surface area contributed by atoms with Gasteiger partial charge in [0.25, 0.3) is 0 Å². The largest absolute Gasteiger partial charge is 0.367 e. The molecule has 0 bridgehead atoms. The third kappa shape index (κ3) is 1.26. The molecule has 1 aliphatic rings. The molecule has 0 unspecified atom stereocenters. The Morgan fingerprint density at radius 1 is 1.47 bits per heavy atom. The van der Waals surface area contributed by atoms with Gasteiger partial charge in [-0.15, -0.1) is 5.10 Å². The summed E-state index contributed by atoms with van der Waals surface area (Å²) >= 11 is 6.00. The molecule has 0 amide bonds. The van der Waals surface area contributed by atoms with Crippen LogP contribution in [-0.4, -0.2) is 19.6 Å². The number of rotatable bonds is 1. The number of hydrogen-bond acceptors (Lipinski definition) is 4. The second kappa shape index (κ2) is 3.06. The number of halogens is 1. The van der Waals surface area contributed by atoms with Gasteiger partial charge in [0.15, 0.2) is 5.15 Å². The second-order valence-corrected chi connectivity index (χ2v) is 4.16. The minimum absolute atomic E-state index is 0.247. The molecule has 1 saturated carbocycles. The van der Waals surface area contributed by atoms with Crippen LogP contribution in [0.4, 0.5) is 5.95 Å². The smallest absolute Gasteiger partial charge is 0.238 e. The molecule has 2 N–H and O–H groups in total. The van der Waals surface area contributed by atoms with Gasteiger partial charge in [-0.1, -0.05) is 18.0 Å². The van der Waals surface area contributed by atoms with E-state index in [4.69, 9.17) is 17.3 Å². The van der Waals surface area contributed by atoms with Gasteiger partial charge in [-0.2, -0.15) is 0 Å². The van der Waals surface area contributed by atoms with Crippen molar-refractivity contribution in [1.29, 1.82) is 0 Å². The fourth-order valence-electron chi connectivity index (χ4n) is 1.82. The molecule has 0 atom stereocenters. The Labute approximate surface area is 91.3 Å². The van der Waals surface area contributed by atoms with Crippen LogP contribution in [0.1, 0.15) is 31.0 Å². The predicted molar refractivity (Wildman–Crippen MR) is 56.8 cm³/mol. The predicted octanol–water partition coefficient (Wildman–Crippen LogP) is 1.63. The van der Waals surface area contributed by atoms with E-state index in [-0.39, 0.29) is 5.95 Å². The zero-order valence-corrected chi connectivity index (χ0v) is 8.78. The molecule has 2 aromatic rings. The van der Waals surface area contributed by atoms with Gasteiger partial charge >= 0.3 is 0 Å². The first-order chi connectivity index (χ1) is 7.25. The number of imidazole rings is 1. The third-order valence-electron chi connectivity index (χ3n) is 2.86. The Kier molecular flexibility index (Phi) is 1.82. The minimum Gasteiger partial charge on any atom is -0.367 e. The van der Waals surface area contributed by atoms with E-state index in [2.05, 4.69) is 15.1 Å². The fraction of sp³-hybridized carbons (Fsp3) is 0.444. The van der Waals surface area contributed by atoms with Crippen molar-refractivity contribution in [3.63, 3.8) is 0 Å². The summed E-state index contributed by atoms with van der Waals surface area (Å²) in [5, 5.41) is 4.59. The zero-order chi connectivity index (χ0) is 10.4. The van der Waals surface area contributed by atoms with Gasteiger partial charge in [0.1, 0.15) is 11.3 Å². The maximum atomic E-state index is 6.00. The highest BCUT2D eigenvalue weighted by Gasteiger charge is 2.26. The monoisotopic (exact) mass is 223 g/mol. The fourth-order valence-corrected chi connectivity index (χ4v) is 2.03. The highest BCUT2D eigenvalue weighted by molar-refractivity contribution is 6.32. The molecule has 78 valence electrons. The van der Waals surface area contributed by atoms with E-state index in [1.807, 2.05) is 0 Å². The van der Waals surface area contributed by atoms with Crippen molar-refractivity contribution >= 4 is 23.1 Å². The van der Waals surface area contributed by atoms with Gasteiger partial charge in [-0.25, -0.2) is 14.5 Å². The zero-order valence-electron chi connectivity index (χ0n) is 8.02. The van der Waals surface area contributed by atoms with Crippen molar-refractivity contribution < 1.29 is 0 Å². The van der Waals surface area contributed by atoms with Gasteiger partial charge in [0.05, 0.1) is 6.20 Å². The summed E-state index contributed by atoms with van der Waals surface area (Å²) in [5.74, 6) is 1.63. The Morgan fingerprint density at radius 3 is 2.93 bits per heavy atom. The molecule has 2 heterocycles. The minimum atomic E-state index is 0.247. The topological polar surface area (TPSA) is 69.1 Å². The molecular weight excluding hydrogens is 214 g/mol. The van der Waals surface area contributed by atoms with E-state index >= 15 is 0 Å². The van der Waals surface area contributed by atoms with Crippen LogP contribution in [0, 0.1) is 0 Å². The summed E-state index contributed by atoms with van der Waals surface area (Å²) in [6.45, 7) is 0. The first-order valence-electron chi connectivity index (χ1n) is 4.92. The molecule has 5 nitrogen and oxygen atoms in total. The second-order valence-electron chi connectivity index (χ2n) is 3.80. The lowest BCUT2D eigenvalue weighted by atomic mass is 9.85. The third-order valence-corrected chi connectivity index (χ3v) is 3.14. The molecule has 0 spiro atoms. The number of nitrogens with zero attached hydrogens (tertiary/aromatic N) is 4. The van der Waals surface area contributed by atoms with Crippen molar-refractivity contribution in [3.05, 3.63) is 17.2 Å². The van der Waals surface area contributed by atoms with E-state index in [1.165, 1.54) is 6.42 Å². The van der Waals surface area contributed by atoms with Crippen LogP contribution in [0.15, 0.2) is 6.20 Å². The summed E-state index contributed by atoms with van der Waals surface area (Å²) in [5.41, 5.74) is 6.28. The molecule has 1 aliphatic carbocycles. The van der Waals surface area contributed by atoms with E-state index in [0.717, 1.165) is 24.2 Å². The van der Waals surface area contributed by atoms with Crippen LogP contribution < -0.4 is 5.73 Å². The molecule has 0 aromatic carbocycles. The van der Waals surface area contributed by atoms with Crippen molar-refractivity contribution in [3.8, 4) is 0 Å². The molecule has 0 aliphatic heterocycles. The van der Waals surface area contributed by atoms with E-state index < -0.39 is 0 Å². The SMILES string of the molecule is Nc1ncc2c(Cl)nc(C3CCC3)n2n1. The highest BCUT2D eigenvalue weighted by atomic mass is 35.5. The number of nitrogen functional groups attached to an aromatic ring is 1. The first kappa shape index (κ1) is 8.91. The highest BCUT2D eigenvalue weighted by Crippen LogP contribution is 2.36. The average Bonchev–Trinajstić information content (AvgIpc) is 2.41. The molecule has 2 aromatic heterocycles. The molecular formula is C9H10ClN5. The Hall–Kier alpha value is -1.36. The Bertz CT molecular complexity index is 516. The van der Waals surface area contributed by atoms with Crippen LogP contribution in [0.5, 0.6) is 0 Å². The summed E-state index contributed by atoms with van der Waals surface area (Å²) in [6.07, 6.45) is 5.16. The standard InChI is InChI=1S/C9H10ClN5/c10-7-6-4-12-9(11)14-15(6)8(13-7)5-2-1-3-5/h4-5H,1-3H2,(H2,11,14). The lowest BCUT2D eigenvalue weighted by Gasteiger charge is -2.23. The summed E-state index contributed by atoms with van der Waals surface area (Å²) in [6, 6.07) is 0. The first-order valence-corrected chi connectivity index (χ1v) is 5.30. The van der Waals surface area contributed by atoms with Crippen molar-refractivity contribution in [1.82, 2.24) is 19.6 Å². The number of aromatic nitrogens is 4. The van der Waals surface area contributed by atoms with Gasteiger partial charge in [0.2, 0.25) is 5.95 Å². The van der Waals surface area contributed by atoms with Gasteiger partial charge < -0.3 is 5.73 Å². The maximum absolute atomic E-state index is 6.00. The van der Waals surface area contributed by atoms with E-state index in [9.17, 15) is 0 Å². The van der Waals surface area contributed by atoms with Crippen molar-refractivity contribution in [2.45, 2.75) is 25.2 Å². The lowest BCUT2D eigenvalue weighted by Crippen LogP contribution is -2.14. The van der Waals surface area contributed by atoms with Crippen LogP contribution in [0.25, 0.3) is 5.52 Å². The lowest BCUT2D eigenvalue weighted by molar-refractivity contribution is 0.396. The van der Waals surface area contributed by atoms with Crippen LogP contribution in [-0.2, 0) is 0 Å². The van der Waals surface area contributed by atoms with Crippen molar-refractivity contribution in [2.24, 2.45) is 0 Å². The summed E-state index contributed by atoms with van der Waals surface area (Å²) in [7, 11) is 0. The summed E-state index contributed by atoms with van der Waals surface area (Å²) < 4.78 is 1.72. The Balaban J connectivity index is 2.24. The van der Waals surface area contributed by atoms with Gasteiger partial charge in [0, 0.05) is 5.92 Å². The summed E-state index contributed by atoms with van der Waals surface area (Å²) in [4.78, 5) is 8.23. The van der Waals surface area contributed by atoms with Gasteiger partial charge in [-0.3, -0.25) is 0 Å². The van der Waals surface area contributed by atoms with Crippen LogP contribution in [0.3, 0.4) is 0 Å². The number of fused-ring (bicyclic) bond motifs is 1. The maximum Gasteiger partial charge on any atom is 0.238 e. The van der Waals surface area contributed by atoms with Crippen LogP contribution >= 0.6 is 11.6 Å². The van der Waals surface area contributed by atoms with Crippen molar-refractivity contribution in [2.75, 3.05) is 5.73 Å². The molecule has 15 heavy (non-hydrogen) atoms. The van der Waals surface area contributed by atoms with Gasteiger partial charge in [-0.05, 0) is 12.8 Å². The number of anilines is 1. The molecule has 0 radical (unpaired) electrons. The van der Waals surface area contributed by atoms with E-state index in [0.29, 0.717) is 11.1 Å². The normalized spacial score (nSPS) is 16.9. The molecule has 1 fully saturated rings. The average molecular weight is 224 g/mol. The molecule has 3 rings (SSSR count). The number of hydrogen-bond donors (Lipinski definition) is 1. The quantitative estimate of drug-likeness (QED) is 0.798. The van der Waals surface area contributed by atoms with E-state index in [1.54, 1.807) is 10.7 Å².